The highest BCUT2D eigenvalue weighted by Gasteiger charge is 2.33. The van der Waals surface area contributed by atoms with Gasteiger partial charge in [0.15, 0.2) is 12.4 Å². The van der Waals surface area contributed by atoms with E-state index in [0.29, 0.717) is 37.2 Å². The first-order valence-corrected chi connectivity index (χ1v) is 8.64. The molecule has 1 aliphatic heterocycles. The first-order valence-electron chi connectivity index (χ1n) is 8.64. The quantitative estimate of drug-likeness (QED) is 0.631. The minimum absolute atomic E-state index is 0.00858. The van der Waals surface area contributed by atoms with Gasteiger partial charge in [-0.3, -0.25) is 4.79 Å². The molecule has 140 valence electrons. The summed E-state index contributed by atoms with van der Waals surface area (Å²) in [5.74, 6) is 1.50. The van der Waals surface area contributed by atoms with Crippen LogP contribution < -0.4 is 4.74 Å². The van der Waals surface area contributed by atoms with Gasteiger partial charge >= 0.3 is 0 Å². The van der Waals surface area contributed by atoms with Crippen LogP contribution in [0.4, 0.5) is 0 Å². The molecule has 1 aliphatic rings. The molecule has 3 rings (SSSR count). The van der Waals surface area contributed by atoms with Crippen molar-refractivity contribution in [3.8, 4) is 5.75 Å². The van der Waals surface area contributed by atoms with Crippen LogP contribution in [0, 0.1) is 0 Å². The lowest BCUT2D eigenvalue weighted by Crippen LogP contribution is -2.34. The van der Waals surface area contributed by atoms with E-state index < -0.39 is 0 Å². The predicted octanol–water partition coefficient (Wildman–Crippen LogP) is 1.98. The summed E-state index contributed by atoms with van der Waals surface area (Å²) in [5, 5.41) is 4.02. The van der Waals surface area contributed by atoms with Gasteiger partial charge in [0, 0.05) is 13.7 Å². The van der Waals surface area contributed by atoms with Crippen LogP contribution in [0.3, 0.4) is 0 Å². The Bertz CT molecular complexity index is 691. The van der Waals surface area contributed by atoms with Crippen molar-refractivity contribution in [1.29, 1.82) is 0 Å². The third-order valence-electron chi connectivity index (χ3n) is 4.12. The predicted molar refractivity (Wildman–Crippen MR) is 91.5 cm³/mol. The van der Waals surface area contributed by atoms with Gasteiger partial charge in [0.1, 0.15) is 12.4 Å². The first kappa shape index (κ1) is 18.3. The molecule has 8 heteroatoms. The van der Waals surface area contributed by atoms with Gasteiger partial charge < -0.3 is 23.6 Å². The largest absolute Gasteiger partial charge is 0.484 e. The average Bonchev–Trinajstić information content (AvgIpc) is 3.33. The van der Waals surface area contributed by atoms with Crippen LogP contribution >= 0.6 is 0 Å². The van der Waals surface area contributed by atoms with Crippen molar-refractivity contribution in [1.82, 2.24) is 15.0 Å². The van der Waals surface area contributed by atoms with Gasteiger partial charge in [0.2, 0.25) is 0 Å². The fourth-order valence-electron chi connectivity index (χ4n) is 2.84. The van der Waals surface area contributed by atoms with E-state index in [-0.39, 0.29) is 25.2 Å². The van der Waals surface area contributed by atoms with Crippen molar-refractivity contribution in [3.05, 3.63) is 42.0 Å². The van der Waals surface area contributed by atoms with Gasteiger partial charge in [-0.25, -0.2) is 0 Å². The Hall–Kier alpha value is -2.45. The third kappa shape index (κ3) is 4.80. The maximum absolute atomic E-state index is 12.5. The number of benzene rings is 1. The van der Waals surface area contributed by atoms with Gasteiger partial charge in [-0.15, -0.1) is 0 Å². The molecule has 0 radical (unpaired) electrons. The number of nitrogens with zero attached hydrogens (tertiary/aromatic N) is 3. The number of amides is 1. The number of carbonyl (C=O) groups is 1. The molecule has 26 heavy (non-hydrogen) atoms. The molecule has 0 spiro atoms. The summed E-state index contributed by atoms with van der Waals surface area (Å²) in [6, 6.07) is 9.10. The van der Waals surface area contributed by atoms with Crippen molar-refractivity contribution >= 4 is 5.91 Å². The van der Waals surface area contributed by atoms with Gasteiger partial charge in [-0.05, 0) is 25.0 Å². The Labute approximate surface area is 152 Å². The molecule has 1 fully saturated rings. The SMILES string of the molecule is COCCOCc1nc(C2CCCN2C(=O)COc2ccccc2)no1. The fraction of sp³-hybridized carbons (Fsp3) is 0.500. The van der Waals surface area contributed by atoms with Gasteiger partial charge in [0.25, 0.3) is 11.8 Å². The fourth-order valence-corrected chi connectivity index (χ4v) is 2.84. The molecule has 1 saturated heterocycles. The molecule has 0 N–H and O–H groups in total. The highest BCUT2D eigenvalue weighted by Crippen LogP contribution is 2.30. The van der Waals surface area contributed by atoms with Crippen molar-refractivity contribution in [2.75, 3.05) is 33.5 Å². The van der Waals surface area contributed by atoms with E-state index in [1.165, 1.54) is 0 Å². The average molecular weight is 361 g/mol. The number of rotatable bonds is 9. The molecule has 0 saturated carbocycles. The number of methoxy groups -OCH3 is 1. The van der Waals surface area contributed by atoms with Gasteiger partial charge in [0.05, 0.1) is 19.3 Å². The normalized spacial score (nSPS) is 16.8. The minimum atomic E-state index is -0.182. The summed E-state index contributed by atoms with van der Waals surface area (Å²) in [6.07, 6.45) is 1.70. The van der Waals surface area contributed by atoms with E-state index in [1.54, 1.807) is 12.0 Å². The number of hydrogen-bond donors (Lipinski definition) is 0. The maximum Gasteiger partial charge on any atom is 0.261 e. The third-order valence-corrected chi connectivity index (χ3v) is 4.12. The summed E-state index contributed by atoms with van der Waals surface area (Å²) in [4.78, 5) is 18.6. The van der Waals surface area contributed by atoms with Crippen LogP contribution in [0.25, 0.3) is 0 Å². The van der Waals surface area contributed by atoms with Crippen LogP contribution in [-0.2, 0) is 20.9 Å². The Morgan fingerprint density at radius 2 is 2.15 bits per heavy atom. The van der Waals surface area contributed by atoms with Crippen molar-refractivity contribution < 1.29 is 23.5 Å². The zero-order valence-corrected chi connectivity index (χ0v) is 14.8. The monoisotopic (exact) mass is 361 g/mol. The lowest BCUT2D eigenvalue weighted by molar-refractivity contribution is -0.134. The molecule has 1 amide bonds. The molecular formula is C18H23N3O5. The van der Waals surface area contributed by atoms with E-state index in [0.717, 1.165) is 12.8 Å². The molecule has 0 aliphatic carbocycles. The summed E-state index contributed by atoms with van der Waals surface area (Å²) in [5.41, 5.74) is 0. The van der Waals surface area contributed by atoms with E-state index >= 15 is 0 Å². The Kier molecular flexibility index (Phi) is 6.56. The van der Waals surface area contributed by atoms with E-state index in [2.05, 4.69) is 10.1 Å². The maximum atomic E-state index is 12.5. The summed E-state index contributed by atoms with van der Waals surface area (Å²) < 4.78 is 21.1. The van der Waals surface area contributed by atoms with Crippen LogP contribution in [0.15, 0.2) is 34.9 Å². The second kappa shape index (κ2) is 9.30. The topological polar surface area (TPSA) is 86.9 Å². The van der Waals surface area contributed by atoms with Crippen LogP contribution in [0.2, 0.25) is 0 Å². The second-order valence-corrected chi connectivity index (χ2v) is 5.94. The number of carbonyl (C=O) groups excluding carboxylic acids is 1. The molecule has 1 aromatic carbocycles. The standard InChI is InChI=1S/C18H23N3O5/c1-23-10-11-24-12-16-19-18(20-26-16)15-8-5-9-21(15)17(22)13-25-14-6-3-2-4-7-14/h2-4,6-7,15H,5,8-13H2,1H3. The van der Waals surface area contributed by atoms with Crippen LogP contribution in [0.5, 0.6) is 5.75 Å². The van der Waals surface area contributed by atoms with Crippen LogP contribution in [-0.4, -0.2) is 54.4 Å². The smallest absolute Gasteiger partial charge is 0.261 e. The number of aromatic nitrogens is 2. The zero-order valence-electron chi connectivity index (χ0n) is 14.8. The molecule has 2 heterocycles. The number of likely N-dealkylation sites (tertiary alicyclic amines) is 1. The van der Waals surface area contributed by atoms with E-state index in [9.17, 15) is 4.79 Å². The van der Waals surface area contributed by atoms with E-state index in [4.69, 9.17) is 18.7 Å². The molecule has 1 atom stereocenters. The molecule has 0 bridgehead atoms. The minimum Gasteiger partial charge on any atom is -0.484 e. The molecular weight excluding hydrogens is 338 g/mol. The Morgan fingerprint density at radius 1 is 1.31 bits per heavy atom. The number of ether oxygens (including phenoxy) is 3. The summed E-state index contributed by atoms with van der Waals surface area (Å²) in [7, 11) is 1.61. The summed E-state index contributed by atoms with van der Waals surface area (Å²) >= 11 is 0. The van der Waals surface area contributed by atoms with Crippen molar-refractivity contribution in [2.24, 2.45) is 0 Å². The lowest BCUT2D eigenvalue weighted by atomic mass is 10.2. The Balaban J connectivity index is 1.54. The van der Waals surface area contributed by atoms with Crippen molar-refractivity contribution in [3.63, 3.8) is 0 Å². The molecule has 1 unspecified atom stereocenters. The molecule has 8 nitrogen and oxygen atoms in total. The van der Waals surface area contributed by atoms with Gasteiger partial charge in [-0.1, -0.05) is 23.4 Å². The highest BCUT2D eigenvalue weighted by atomic mass is 16.5. The second-order valence-electron chi connectivity index (χ2n) is 5.94. The first-order chi connectivity index (χ1) is 12.8. The van der Waals surface area contributed by atoms with Gasteiger partial charge in [-0.2, -0.15) is 4.98 Å². The highest BCUT2D eigenvalue weighted by molar-refractivity contribution is 5.78. The van der Waals surface area contributed by atoms with Crippen LogP contribution in [0.1, 0.15) is 30.6 Å². The number of para-hydroxylation sites is 1. The lowest BCUT2D eigenvalue weighted by Gasteiger charge is -2.22. The summed E-state index contributed by atoms with van der Waals surface area (Å²) in [6.45, 7) is 1.85. The Morgan fingerprint density at radius 3 is 2.96 bits per heavy atom. The molecule has 2 aromatic rings. The molecule has 1 aromatic heterocycles. The van der Waals surface area contributed by atoms with E-state index in [1.807, 2.05) is 30.3 Å². The zero-order chi connectivity index (χ0) is 18.2. The van der Waals surface area contributed by atoms with Crippen molar-refractivity contribution in [2.45, 2.75) is 25.5 Å². The number of hydrogen-bond acceptors (Lipinski definition) is 7.